The van der Waals surface area contributed by atoms with Crippen molar-refractivity contribution < 1.29 is 9.59 Å². The van der Waals surface area contributed by atoms with E-state index < -0.39 is 11.8 Å². The molecule has 0 aliphatic heterocycles. The Balaban J connectivity index is 1.78. The summed E-state index contributed by atoms with van der Waals surface area (Å²) in [5, 5.41) is 17.7. The van der Waals surface area contributed by atoms with Gasteiger partial charge in [0.2, 0.25) is 0 Å². The fraction of sp³-hybridized carbons (Fsp3) is 0.312. The minimum atomic E-state index is -0.435. The number of carbonyl (C=O) groups excluding carboxylic acids is 2. The number of amides is 2. The van der Waals surface area contributed by atoms with Crippen molar-refractivity contribution >= 4 is 23.2 Å². The highest BCUT2D eigenvalue weighted by Gasteiger charge is 2.23. The summed E-state index contributed by atoms with van der Waals surface area (Å²) in [7, 11) is 1.61. The maximum atomic E-state index is 12.6. The number of aryl methyl sites for hydroxylation is 3. The summed E-state index contributed by atoms with van der Waals surface area (Å²) < 4.78 is 4.75. The summed E-state index contributed by atoms with van der Waals surface area (Å²) in [5.41, 5.74) is 1.44. The maximum absolute atomic E-state index is 12.6. The van der Waals surface area contributed by atoms with E-state index in [4.69, 9.17) is 0 Å². The summed E-state index contributed by atoms with van der Waals surface area (Å²) in [4.78, 5) is 25.2. The molecule has 3 aromatic rings. The van der Waals surface area contributed by atoms with Crippen molar-refractivity contribution in [3.05, 3.63) is 42.2 Å². The SMILES string of the molecule is CCn1cc(NC(=O)c2cnn(C)c2C(=O)Nc2cnn(CC)c2)cn1. The molecule has 0 aromatic carbocycles. The first-order chi connectivity index (χ1) is 12.5. The van der Waals surface area contributed by atoms with Gasteiger partial charge in [0.1, 0.15) is 5.69 Å². The van der Waals surface area contributed by atoms with E-state index in [0.717, 1.165) is 0 Å². The van der Waals surface area contributed by atoms with Crippen LogP contribution in [0.1, 0.15) is 34.7 Å². The standard InChI is InChI=1S/C16H20N8O2/c1-4-23-9-11(6-18-23)20-15(25)13-8-17-22(3)14(13)16(26)21-12-7-19-24(5-2)10-12/h6-10H,4-5H2,1-3H3,(H,20,25)(H,21,26). The van der Waals surface area contributed by atoms with Crippen molar-refractivity contribution in [1.82, 2.24) is 29.3 Å². The van der Waals surface area contributed by atoms with Crippen LogP contribution in [-0.4, -0.2) is 41.2 Å². The van der Waals surface area contributed by atoms with Crippen LogP contribution in [-0.2, 0) is 20.1 Å². The van der Waals surface area contributed by atoms with Crippen molar-refractivity contribution in [2.45, 2.75) is 26.9 Å². The van der Waals surface area contributed by atoms with Gasteiger partial charge >= 0.3 is 0 Å². The number of nitrogens with one attached hydrogen (secondary N) is 2. The van der Waals surface area contributed by atoms with E-state index in [1.54, 1.807) is 41.2 Å². The smallest absolute Gasteiger partial charge is 0.274 e. The van der Waals surface area contributed by atoms with Crippen LogP contribution in [0.3, 0.4) is 0 Å². The third kappa shape index (κ3) is 3.48. The molecule has 10 heteroatoms. The Kier molecular flexibility index (Phi) is 4.83. The van der Waals surface area contributed by atoms with Crippen LogP contribution in [0.15, 0.2) is 31.0 Å². The lowest BCUT2D eigenvalue weighted by atomic mass is 10.2. The Morgan fingerprint density at radius 1 is 0.885 bits per heavy atom. The number of anilines is 2. The highest BCUT2D eigenvalue weighted by atomic mass is 16.2. The quantitative estimate of drug-likeness (QED) is 0.692. The summed E-state index contributed by atoms with van der Waals surface area (Å²) in [6.07, 6.45) is 7.90. The van der Waals surface area contributed by atoms with E-state index in [1.165, 1.54) is 10.9 Å². The molecule has 0 aliphatic rings. The van der Waals surface area contributed by atoms with Gasteiger partial charge < -0.3 is 10.6 Å². The van der Waals surface area contributed by atoms with Crippen molar-refractivity contribution in [2.75, 3.05) is 10.6 Å². The molecular weight excluding hydrogens is 336 g/mol. The molecule has 0 atom stereocenters. The van der Waals surface area contributed by atoms with Crippen molar-refractivity contribution in [1.29, 1.82) is 0 Å². The van der Waals surface area contributed by atoms with Crippen molar-refractivity contribution in [2.24, 2.45) is 7.05 Å². The highest BCUT2D eigenvalue weighted by Crippen LogP contribution is 2.14. The first-order valence-corrected chi connectivity index (χ1v) is 8.21. The van der Waals surface area contributed by atoms with Gasteiger partial charge in [0.15, 0.2) is 0 Å². The topological polar surface area (TPSA) is 112 Å². The van der Waals surface area contributed by atoms with E-state index in [9.17, 15) is 9.59 Å². The van der Waals surface area contributed by atoms with Gasteiger partial charge in [0, 0.05) is 32.5 Å². The number of hydrogen-bond donors (Lipinski definition) is 2. The van der Waals surface area contributed by atoms with Gasteiger partial charge in [-0.25, -0.2) is 0 Å². The number of rotatable bonds is 6. The van der Waals surface area contributed by atoms with E-state index >= 15 is 0 Å². The van der Waals surface area contributed by atoms with Crippen LogP contribution in [0.5, 0.6) is 0 Å². The molecule has 0 radical (unpaired) electrons. The lowest BCUT2D eigenvalue weighted by molar-refractivity contribution is 0.0985. The molecule has 2 amide bonds. The molecule has 0 aliphatic carbocycles. The van der Waals surface area contributed by atoms with Crippen LogP contribution in [0, 0.1) is 0 Å². The van der Waals surface area contributed by atoms with Gasteiger partial charge in [-0.2, -0.15) is 15.3 Å². The third-order valence-corrected chi connectivity index (χ3v) is 3.83. The molecule has 0 fully saturated rings. The average Bonchev–Trinajstić information content (AvgIpc) is 3.34. The highest BCUT2D eigenvalue weighted by molar-refractivity contribution is 6.14. The van der Waals surface area contributed by atoms with Crippen molar-refractivity contribution in [3.8, 4) is 0 Å². The fourth-order valence-electron chi connectivity index (χ4n) is 2.46. The summed E-state index contributed by atoms with van der Waals surface area (Å²) in [6.45, 7) is 5.29. The third-order valence-electron chi connectivity index (χ3n) is 3.83. The molecule has 0 unspecified atom stereocenters. The molecule has 136 valence electrons. The van der Waals surface area contributed by atoms with Gasteiger partial charge in [-0.05, 0) is 13.8 Å². The lowest BCUT2D eigenvalue weighted by Gasteiger charge is -2.06. The Morgan fingerprint density at radius 2 is 1.42 bits per heavy atom. The molecule has 0 bridgehead atoms. The minimum Gasteiger partial charge on any atom is -0.319 e. The average molecular weight is 356 g/mol. The second-order valence-electron chi connectivity index (χ2n) is 5.61. The molecule has 0 spiro atoms. The Bertz CT molecular complexity index is 936. The van der Waals surface area contributed by atoms with Gasteiger partial charge in [-0.15, -0.1) is 0 Å². The van der Waals surface area contributed by atoms with Gasteiger partial charge in [-0.3, -0.25) is 23.6 Å². The lowest BCUT2D eigenvalue weighted by Crippen LogP contribution is -2.21. The molecule has 0 saturated heterocycles. The predicted octanol–water partition coefficient (Wildman–Crippen LogP) is 1.36. The van der Waals surface area contributed by atoms with E-state index in [1.807, 2.05) is 13.8 Å². The second-order valence-corrected chi connectivity index (χ2v) is 5.61. The normalized spacial score (nSPS) is 10.7. The molecule has 3 rings (SSSR count). The van der Waals surface area contributed by atoms with Crippen LogP contribution >= 0.6 is 0 Å². The number of aromatic nitrogens is 6. The summed E-state index contributed by atoms with van der Waals surface area (Å²) >= 11 is 0. The predicted molar refractivity (Wildman–Crippen MR) is 94.9 cm³/mol. The first-order valence-electron chi connectivity index (χ1n) is 8.21. The maximum Gasteiger partial charge on any atom is 0.274 e. The number of carbonyl (C=O) groups is 2. The molecule has 3 aromatic heterocycles. The number of nitrogens with zero attached hydrogens (tertiary/aromatic N) is 6. The molecule has 10 nitrogen and oxygen atoms in total. The minimum absolute atomic E-state index is 0.162. The zero-order valence-electron chi connectivity index (χ0n) is 14.8. The van der Waals surface area contributed by atoms with Crippen LogP contribution < -0.4 is 10.6 Å². The fourth-order valence-corrected chi connectivity index (χ4v) is 2.46. The summed E-state index contributed by atoms with van der Waals surface area (Å²) in [6, 6.07) is 0. The molecule has 0 saturated carbocycles. The first kappa shape index (κ1) is 17.4. The van der Waals surface area contributed by atoms with E-state index in [0.29, 0.717) is 24.5 Å². The zero-order chi connectivity index (χ0) is 18.7. The van der Waals surface area contributed by atoms with Gasteiger partial charge in [0.25, 0.3) is 11.8 Å². The molecular formula is C16H20N8O2. The largest absolute Gasteiger partial charge is 0.319 e. The Morgan fingerprint density at radius 3 is 1.92 bits per heavy atom. The van der Waals surface area contributed by atoms with Crippen LogP contribution in [0.4, 0.5) is 11.4 Å². The number of hydrogen-bond acceptors (Lipinski definition) is 5. The monoisotopic (exact) mass is 356 g/mol. The van der Waals surface area contributed by atoms with Crippen molar-refractivity contribution in [3.63, 3.8) is 0 Å². The van der Waals surface area contributed by atoms with Crippen LogP contribution in [0.25, 0.3) is 0 Å². The zero-order valence-corrected chi connectivity index (χ0v) is 14.8. The van der Waals surface area contributed by atoms with Gasteiger partial charge in [-0.1, -0.05) is 0 Å². The van der Waals surface area contributed by atoms with E-state index in [2.05, 4.69) is 25.9 Å². The summed E-state index contributed by atoms with van der Waals surface area (Å²) in [5.74, 6) is -0.863. The Labute approximate surface area is 149 Å². The van der Waals surface area contributed by atoms with E-state index in [-0.39, 0.29) is 11.3 Å². The second kappa shape index (κ2) is 7.21. The Hall–Kier alpha value is -3.43. The van der Waals surface area contributed by atoms with Gasteiger partial charge in [0.05, 0.1) is 35.5 Å². The van der Waals surface area contributed by atoms with Crippen LogP contribution in [0.2, 0.25) is 0 Å². The molecule has 2 N–H and O–H groups in total. The molecule has 3 heterocycles. The molecule has 26 heavy (non-hydrogen) atoms.